The predicted octanol–water partition coefficient (Wildman–Crippen LogP) is 3.06. The number of nitrogens with one attached hydrogen (secondary N) is 3. The number of amides is 1. The van der Waals surface area contributed by atoms with Crippen molar-refractivity contribution in [3.05, 3.63) is 77.0 Å². The van der Waals surface area contributed by atoms with Crippen LogP contribution in [0.4, 0.5) is 0 Å². The molecule has 6 heteroatoms. The lowest BCUT2D eigenvalue weighted by Crippen LogP contribution is -2.47. The first-order chi connectivity index (χ1) is 12.5. The second-order valence-electron chi connectivity index (χ2n) is 6.27. The van der Waals surface area contributed by atoms with E-state index >= 15 is 0 Å². The highest BCUT2D eigenvalue weighted by Crippen LogP contribution is 2.28. The van der Waals surface area contributed by atoms with Crippen molar-refractivity contribution in [1.82, 2.24) is 16.0 Å². The third-order valence-corrected chi connectivity index (χ3v) is 4.61. The second-order valence-corrected chi connectivity index (χ2v) is 6.68. The van der Waals surface area contributed by atoms with E-state index in [-0.39, 0.29) is 23.7 Å². The Morgan fingerprint density at radius 2 is 1.81 bits per heavy atom. The van der Waals surface area contributed by atoms with E-state index in [0.29, 0.717) is 16.4 Å². The first-order valence-electron chi connectivity index (χ1n) is 8.38. The Hall–Kier alpha value is -2.86. The second kappa shape index (κ2) is 7.58. The molecule has 1 aliphatic heterocycles. The molecule has 1 heterocycles. The summed E-state index contributed by atoms with van der Waals surface area (Å²) in [5, 5.41) is 19.2. The highest BCUT2D eigenvalue weighted by Gasteiger charge is 2.30. The molecule has 2 atom stereocenters. The maximum Gasteiger partial charge on any atom is 0.251 e. The lowest BCUT2D eigenvalue weighted by Gasteiger charge is -2.31. The van der Waals surface area contributed by atoms with E-state index in [1.54, 1.807) is 24.3 Å². The van der Waals surface area contributed by atoms with Crippen molar-refractivity contribution in [2.45, 2.75) is 25.9 Å². The van der Waals surface area contributed by atoms with Gasteiger partial charge < -0.3 is 21.1 Å². The highest BCUT2D eigenvalue weighted by molar-refractivity contribution is 7.80. The molecule has 2 aromatic rings. The van der Waals surface area contributed by atoms with Gasteiger partial charge in [0.15, 0.2) is 5.11 Å². The standard InChI is InChI=1S/C20H21N3O2S/c1-12(14-6-4-3-5-7-14)21-19(25)17-13(2)22-20(26)23-18(17)15-8-10-16(24)11-9-15/h3-12,18,24H,1-2H3,(H,21,25)(H2,22,23,26). The fourth-order valence-corrected chi connectivity index (χ4v) is 3.28. The normalized spacial score (nSPS) is 17.9. The van der Waals surface area contributed by atoms with E-state index in [9.17, 15) is 9.90 Å². The number of phenolic OH excluding ortho intramolecular Hbond substituents is 1. The zero-order valence-corrected chi connectivity index (χ0v) is 15.4. The van der Waals surface area contributed by atoms with Gasteiger partial charge in [0.25, 0.3) is 5.91 Å². The van der Waals surface area contributed by atoms with Crippen LogP contribution >= 0.6 is 12.2 Å². The van der Waals surface area contributed by atoms with Gasteiger partial charge in [-0.3, -0.25) is 4.79 Å². The van der Waals surface area contributed by atoms with Crippen molar-refractivity contribution in [3.8, 4) is 5.75 Å². The number of hydrogen-bond acceptors (Lipinski definition) is 3. The Bertz CT molecular complexity index is 847. The van der Waals surface area contributed by atoms with Crippen LogP contribution in [0, 0.1) is 0 Å². The molecule has 2 aromatic carbocycles. The van der Waals surface area contributed by atoms with Gasteiger partial charge in [-0.1, -0.05) is 42.5 Å². The van der Waals surface area contributed by atoms with Crippen LogP contribution in [0.15, 0.2) is 65.9 Å². The molecule has 0 aromatic heterocycles. The fraction of sp³-hybridized carbons (Fsp3) is 0.200. The summed E-state index contributed by atoms with van der Waals surface area (Å²) in [7, 11) is 0. The van der Waals surface area contributed by atoms with Gasteiger partial charge >= 0.3 is 0 Å². The van der Waals surface area contributed by atoms with Gasteiger partial charge in [0, 0.05) is 5.70 Å². The first kappa shape index (κ1) is 17.9. The van der Waals surface area contributed by atoms with Crippen molar-refractivity contribution in [2.75, 3.05) is 0 Å². The minimum absolute atomic E-state index is 0.127. The van der Waals surface area contributed by atoms with Gasteiger partial charge in [-0.2, -0.15) is 0 Å². The van der Waals surface area contributed by atoms with Crippen LogP contribution in [0.3, 0.4) is 0 Å². The Kier molecular flexibility index (Phi) is 5.23. The largest absolute Gasteiger partial charge is 0.508 e. The molecule has 0 saturated heterocycles. The van der Waals surface area contributed by atoms with E-state index in [4.69, 9.17) is 12.2 Å². The summed E-state index contributed by atoms with van der Waals surface area (Å²) in [6.45, 7) is 3.79. The molecular formula is C20H21N3O2S. The monoisotopic (exact) mass is 367 g/mol. The molecule has 3 rings (SSSR count). The predicted molar refractivity (Wildman–Crippen MR) is 105 cm³/mol. The third kappa shape index (κ3) is 3.86. The molecule has 2 unspecified atom stereocenters. The topological polar surface area (TPSA) is 73.4 Å². The number of aromatic hydroxyl groups is 1. The average Bonchev–Trinajstić information content (AvgIpc) is 2.62. The Balaban J connectivity index is 1.88. The van der Waals surface area contributed by atoms with Crippen molar-refractivity contribution >= 4 is 23.2 Å². The first-order valence-corrected chi connectivity index (χ1v) is 8.79. The van der Waals surface area contributed by atoms with Gasteiger partial charge in [-0.05, 0) is 49.3 Å². The minimum atomic E-state index is -0.382. The number of carbonyl (C=O) groups is 1. The molecule has 0 fully saturated rings. The molecule has 0 spiro atoms. The minimum Gasteiger partial charge on any atom is -0.508 e. The Labute approximate surface area is 158 Å². The van der Waals surface area contributed by atoms with Crippen LogP contribution in [-0.2, 0) is 4.79 Å². The molecule has 1 aliphatic rings. The van der Waals surface area contributed by atoms with Gasteiger partial charge in [-0.15, -0.1) is 0 Å². The third-order valence-electron chi connectivity index (χ3n) is 4.39. The number of carbonyl (C=O) groups excluding carboxylic acids is 1. The molecule has 0 radical (unpaired) electrons. The van der Waals surface area contributed by atoms with Crippen molar-refractivity contribution in [2.24, 2.45) is 0 Å². The SMILES string of the molecule is CC1=C(C(=O)NC(C)c2ccccc2)C(c2ccc(O)cc2)NC(=S)N1. The van der Waals surface area contributed by atoms with Crippen molar-refractivity contribution in [1.29, 1.82) is 0 Å². The summed E-state index contributed by atoms with van der Waals surface area (Å²) in [5.41, 5.74) is 3.17. The Morgan fingerprint density at radius 3 is 2.46 bits per heavy atom. The average molecular weight is 367 g/mol. The zero-order valence-electron chi connectivity index (χ0n) is 14.6. The molecule has 5 nitrogen and oxygen atoms in total. The van der Waals surface area contributed by atoms with Crippen molar-refractivity contribution in [3.63, 3.8) is 0 Å². The van der Waals surface area contributed by atoms with Gasteiger partial charge in [0.05, 0.1) is 17.7 Å². The lowest BCUT2D eigenvalue weighted by atomic mass is 9.94. The van der Waals surface area contributed by atoms with E-state index in [1.807, 2.05) is 44.2 Å². The van der Waals surface area contributed by atoms with Gasteiger partial charge in [0.2, 0.25) is 0 Å². The maximum absolute atomic E-state index is 13.0. The smallest absolute Gasteiger partial charge is 0.251 e. The quantitative estimate of drug-likeness (QED) is 0.625. The molecular weight excluding hydrogens is 346 g/mol. The number of phenols is 1. The molecule has 1 amide bonds. The summed E-state index contributed by atoms with van der Waals surface area (Å²) < 4.78 is 0. The van der Waals surface area contributed by atoms with E-state index in [2.05, 4.69) is 16.0 Å². The van der Waals surface area contributed by atoms with E-state index < -0.39 is 0 Å². The van der Waals surface area contributed by atoms with Crippen LogP contribution in [0.1, 0.15) is 37.1 Å². The number of allylic oxidation sites excluding steroid dienone is 1. The van der Waals surface area contributed by atoms with Crippen LogP contribution in [0.25, 0.3) is 0 Å². The molecule has 0 saturated carbocycles. The molecule has 134 valence electrons. The van der Waals surface area contributed by atoms with Gasteiger partial charge in [0.1, 0.15) is 5.75 Å². The summed E-state index contributed by atoms with van der Waals surface area (Å²) >= 11 is 5.25. The van der Waals surface area contributed by atoms with E-state index in [1.165, 1.54) is 0 Å². The summed E-state index contributed by atoms with van der Waals surface area (Å²) in [5.74, 6) is 0.00842. The van der Waals surface area contributed by atoms with Crippen molar-refractivity contribution < 1.29 is 9.90 Å². The molecule has 26 heavy (non-hydrogen) atoms. The van der Waals surface area contributed by atoms with Crippen LogP contribution < -0.4 is 16.0 Å². The highest BCUT2D eigenvalue weighted by atomic mass is 32.1. The number of thiocarbonyl (C=S) groups is 1. The van der Waals surface area contributed by atoms with Crippen LogP contribution in [-0.4, -0.2) is 16.1 Å². The Morgan fingerprint density at radius 1 is 1.15 bits per heavy atom. The summed E-state index contributed by atoms with van der Waals surface area (Å²) in [4.78, 5) is 13.0. The molecule has 4 N–H and O–H groups in total. The number of hydrogen-bond donors (Lipinski definition) is 4. The summed E-state index contributed by atoms with van der Waals surface area (Å²) in [6.07, 6.45) is 0. The van der Waals surface area contributed by atoms with E-state index in [0.717, 1.165) is 11.1 Å². The fourth-order valence-electron chi connectivity index (χ4n) is 3.01. The number of benzene rings is 2. The maximum atomic E-state index is 13.0. The van der Waals surface area contributed by atoms with Crippen LogP contribution in [0.2, 0.25) is 0 Å². The number of rotatable bonds is 4. The molecule has 0 aliphatic carbocycles. The van der Waals surface area contributed by atoms with Gasteiger partial charge in [-0.25, -0.2) is 0 Å². The molecule has 0 bridgehead atoms. The summed E-state index contributed by atoms with van der Waals surface area (Å²) in [6, 6.07) is 16.1. The lowest BCUT2D eigenvalue weighted by molar-refractivity contribution is -0.118. The zero-order chi connectivity index (χ0) is 18.7. The van der Waals surface area contributed by atoms with Crippen LogP contribution in [0.5, 0.6) is 5.75 Å².